The van der Waals surface area contributed by atoms with Gasteiger partial charge in [0.25, 0.3) is 0 Å². The molecule has 6 nitrogen and oxygen atoms in total. The molecule has 0 spiro atoms. The number of anilines is 2. The number of amides is 1. The smallest absolute Gasteiger partial charge is 0.418 e. The first-order valence-electron chi connectivity index (χ1n) is 8.71. The lowest BCUT2D eigenvalue weighted by Crippen LogP contribution is -2.47. The molecular formula is C19H19F4N3O3. The summed E-state index contributed by atoms with van der Waals surface area (Å²) >= 11 is 0. The Labute approximate surface area is 164 Å². The minimum absolute atomic E-state index is 0.0779. The first kappa shape index (κ1) is 20.9. The molecule has 1 aliphatic heterocycles. The molecule has 2 aromatic rings. The molecule has 2 aromatic carbocycles. The van der Waals surface area contributed by atoms with Gasteiger partial charge in [-0.25, -0.2) is 9.18 Å². The van der Waals surface area contributed by atoms with Crippen molar-refractivity contribution in [1.29, 1.82) is 0 Å². The monoisotopic (exact) mass is 413 g/mol. The van der Waals surface area contributed by atoms with Crippen LogP contribution in [0.2, 0.25) is 0 Å². The van der Waals surface area contributed by atoms with Gasteiger partial charge in [0.2, 0.25) is 0 Å². The zero-order valence-electron chi connectivity index (χ0n) is 15.2. The lowest BCUT2D eigenvalue weighted by molar-refractivity contribution is -0.136. The van der Waals surface area contributed by atoms with Gasteiger partial charge in [0, 0.05) is 24.2 Å². The molecule has 29 heavy (non-hydrogen) atoms. The van der Waals surface area contributed by atoms with E-state index in [9.17, 15) is 22.4 Å². The highest BCUT2D eigenvalue weighted by atomic mass is 19.4. The van der Waals surface area contributed by atoms with Gasteiger partial charge in [-0.1, -0.05) is 18.2 Å². The number of hydrogen-bond acceptors (Lipinski definition) is 5. The number of nitrogens with one attached hydrogen (secondary N) is 2. The number of alkyl carbamates (subject to hydrolysis) is 1. The van der Waals surface area contributed by atoms with Crippen molar-refractivity contribution in [2.75, 3.05) is 18.5 Å². The van der Waals surface area contributed by atoms with E-state index >= 15 is 0 Å². The normalized spacial score (nSPS) is 19.1. The molecule has 0 aliphatic carbocycles. The zero-order valence-corrected chi connectivity index (χ0v) is 15.2. The summed E-state index contributed by atoms with van der Waals surface area (Å²) in [6.07, 6.45) is -5.01. The Morgan fingerprint density at radius 3 is 2.66 bits per heavy atom. The number of carbonyl (C=O) groups excluding carboxylic acids is 1. The van der Waals surface area contributed by atoms with Crippen LogP contribution in [0.5, 0.6) is 0 Å². The quantitative estimate of drug-likeness (QED) is 0.512. The number of alkyl halides is 3. The van der Waals surface area contributed by atoms with Crippen LogP contribution in [0.15, 0.2) is 42.5 Å². The summed E-state index contributed by atoms with van der Waals surface area (Å²) in [6.45, 7) is 0.278. The highest BCUT2D eigenvalue weighted by Gasteiger charge is 2.35. The number of para-hydroxylation sites is 1. The Kier molecular flexibility index (Phi) is 5.94. The Hall–Kier alpha value is -2.85. The second kappa shape index (κ2) is 8.26. The maximum Gasteiger partial charge on any atom is 0.418 e. The third kappa shape index (κ3) is 5.36. The van der Waals surface area contributed by atoms with E-state index in [4.69, 9.17) is 15.2 Å². The molecule has 1 fully saturated rings. The number of nitrogens with two attached hydrogens (primary N) is 1. The van der Waals surface area contributed by atoms with Crippen molar-refractivity contribution in [3.63, 3.8) is 0 Å². The van der Waals surface area contributed by atoms with Crippen LogP contribution < -0.4 is 16.4 Å². The maximum atomic E-state index is 14.3. The average Bonchev–Trinajstić information content (AvgIpc) is 3.06. The second-order valence-electron chi connectivity index (χ2n) is 6.58. The Morgan fingerprint density at radius 1 is 1.24 bits per heavy atom. The molecule has 0 saturated carbocycles. The predicted octanol–water partition coefficient (Wildman–Crippen LogP) is 3.89. The van der Waals surface area contributed by atoms with E-state index in [1.54, 1.807) is 0 Å². The van der Waals surface area contributed by atoms with Crippen LogP contribution in [0.3, 0.4) is 0 Å². The van der Waals surface area contributed by atoms with Gasteiger partial charge >= 0.3 is 12.3 Å². The molecule has 0 bridgehead atoms. The van der Waals surface area contributed by atoms with Crippen LogP contribution in [0.25, 0.3) is 0 Å². The van der Waals surface area contributed by atoms with Crippen molar-refractivity contribution in [1.82, 2.24) is 5.32 Å². The van der Waals surface area contributed by atoms with Crippen LogP contribution >= 0.6 is 0 Å². The van der Waals surface area contributed by atoms with Gasteiger partial charge in [-0.05, 0) is 24.3 Å². The van der Waals surface area contributed by atoms with Crippen molar-refractivity contribution in [3.8, 4) is 0 Å². The fourth-order valence-corrected chi connectivity index (χ4v) is 2.79. The van der Waals surface area contributed by atoms with Crippen molar-refractivity contribution in [3.05, 3.63) is 59.4 Å². The van der Waals surface area contributed by atoms with Gasteiger partial charge in [-0.15, -0.1) is 0 Å². The number of hydrogen-bond donors (Lipinski definition) is 3. The van der Waals surface area contributed by atoms with E-state index < -0.39 is 29.4 Å². The molecule has 1 atom stereocenters. The van der Waals surface area contributed by atoms with E-state index in [-0.39, 0.29) is 30.1 Å². The summed E-state index contributed by atoms with van der Waals surface area (Å²) in [7, 11) is 0. The van der Waals surface area contributed by atoms with Gasteiger partial charge in [0.15, 0.2) is 5.72 Å². The Morgan fingerprint density at radius 2 is 2.00 bits per heavy atom. The van der Waals surface area contributed by atoms with E-state index in [0.29, 0.717) is 13.0 Å². The van der Waals surface area contributed by atoms with Crippen LogP contribution in [0.1, 0.15) is 17.5 Å². The lowest BCUT2D eigenvalue weighted by atomic mass is 10.1. The van der Waals surface area contributed by atoms with Crippen molar-refractivity contribution in [2.45, 2.75) is 24.9 Å². The first-order valence-corrected chi connectivity index (χ1v) is 8.71. The fraction of sp³-hybridized carbons (Fsp3) is 0.316. The van der Waals surface area contributed by atoms with E-state index in [0.717, 1.165) is 12.1 Å². The van der Waals surface area contributed by atoms with Gasteiger partial charge in [-0.3, -0.25) is 5.73 Å². The maximum absolute atomic E-state index is 14.3. The highest BCUT2D eigenvalue weighted by molar-refractivity contribution is 5.68. The molecule has 3 rings (SSSR count). The molecule has 4 N–H and O–H groups in total. The SMILES string of the molecule is N[C@]1(OC(=O)NCc2ccc(Nc3ccccc3C(F)(F)F)cc2F)CCOC1. The predicted molar refractivity (Wildman–Crippen MR) is 96.8 cm³/mol. The van der Waals surface area contributed by atoms with E-state index in [1.165, 1.54) is 30.3 Å². The van der Waals surface area contributed by atoms with Gasteiger partial charge in [0.1, 0.15) is 12.4 Å². The first-order chi connectivity index (χ1) is 13.7. The van der Waals surface area contributed by atoms with Gasteiger partial charge in [-0.2, -0.15) is 13.2 Å². The Balaban J connectivity index is 1.63. The molecule has 0 radical (unpaired) electrons. The Bertz CT molecular complexity index is 883. The van der Waals surface area contributed by atoms with E-state index in [1.807, 2.05) is 0 Å². The summed E-state index contributed by atoms with van der Waals surface area (Å²) in [4.78, 5) is 11.8. The summed E-state index contributed by atoms with van der Waals surface area (Å²) in [5.74, 6) is -0.702. The lowest BCUT2D eigenvalue weighted by Gasteiger charge is -2.22. The summed E-state index contributed by atoms with van der Waals surface area (Å²) < 4.78 is 63.6. The molecular weight excluding hydrogens is 394 g/mol. The van der Waals surface area contributed by atoms with E-state index in [2.05, 4.69) is 10.6 Å². The number of rotatable bonds is 5. The summed E-state index contributed by atoms with van der Waals surface area (Å²) in [5.41, 5.74) is 3.83. The third-order valence-electron chi connectivity index (χ3n) is 4.30. The highest BCUT2D eigenvalue weighted by Crippen LogP contribution is 2.36. The third-order valence-corrected chi connectivity index (χ3v) is 4.30. The summed E-state index contributed by atoms with van der Waals surface area (Å²) in [5, 5.41) is 4.95. The topological polar surface area (TPSA) is 85.6 Å². The van der Waals surface area contributed by atoms with Crippen LogP contribution in [0, 0.1) is 5.82 Å². The molecule has 1 amide bonds. The fourth-order valence-electron chi connectivity index (χ4n) is 2.79. The minimum atomic E-state index is -4.54. The van der Waals surface area contributed by atoms with Crippen molar-refractivity contribution < 1.29 is 31.8 Å². The van der Waals surface area contributed by atoms with Crippen LogP contribution in [-0.2, 0) is 22.2 Å². The summed E-state index contributed by atoms with van der Waals surface area (Å²) in [6, 6.07) is 8.70. The molecule has 0 unspecified atom stereocenters. The molecule has 1 aliphatic rings. The number of carbonyl (C=O) groups is 1. The molecule has 1 heterocycles. The van der Waals surface area contributed by atoms with Gasteiger partial charge in [0.05, 0.1) is 17.9 Å². The number of halogens is 4. The molecule has 0 aromatic heterocycles. The number of ether oxygens (including phenoxy) is 2. The molecule has 156 valence electrons. The van der Waals surface area contributed by atoms with Gasteiger partial charge < -0.3 is 20.1 Å². The zero-order chi connectivity index (χ0) is 21.1. The standard InChI is InChI=1S/C19H19F4N3O3/c20-15-9-13(26-16-4-2-1-3-14(16)19(21,22)23)6-5-12(15)10-25-17(27)29-18(24)7-8-28-11-18/h1-6,9,26H,7-8,10-11,24H2,(H,25,27)/t18-/m0/s1. The van der Waals surface area contributed by atoms with Crippen LogP contribution in [0.4, 0.5) is 33.7 Å². The molecule has 1 saturated heterocycles. The molecule has 10 heteroatoms. The second-order valence-corrected chi connectivity index (χ2v) is 6.58. The van der Waals surface area contributed by atoms with Crippen molar-refractivity contribution >= 4 is 17.5 Å². The van der Waals surface area contributed by atoms with Crippen LogP contribution in [-0.4, -0.2) is 25.0 Å². The number of benzene rings is 2. The van der Waals surface area contributed by atoms with Crippen molar-refractivity contribution in [2.24, 2.45) is 5.73 Å². The average molecular weight is 413 g/mol. The minimum Gasteiger partial charge on any atom is -0.425 e. The largest absolute Gasteiger partial charge is 0.425 e.